The Labute approximate surface area is 59.8 Å². The van der Waals surface area contributed by atoms with Gasteiger partial charge in [-0.3, -0.25) is 0 Å². The highest BCUT2D eigenvalue weighted by molar-refractivity contribution is 5.10. The van der Waals surface area contributed by atoms with E-state index in [-0.39, 0.29) is 6.61 Å². The average Bonchev–Trinajstić information content (AvgIpc) is 2.31. The third kappa shape index (κ3) is 1.56. The normalized spacial score (nSPS) is 8.80. The Morgan fingerprint density at radius 1 is 1.70 bits per heavy atom. The highest BCUT2D eigenvalue weighted by atomic mass is 16.6. The summed E-state index contributed by atoms with van der Waals surface area (Å²) in [5.41, 5.74) is 0. The maximum atomic E-state index is 5.07. The molecule has 0 bridgehead atoms. The minimum absolute atomic E-state index is 0.257. The summed E-state index contributed by atoms with van der Waals surface area (Å²) < 4.78 is 10.0. The van der Waals surface area contributed by atoms with E-state index in [0.29, 0.717) is 5.95 Å². The van der Waals surface area contributed by atoms with Gasteiger partial charge in [0.2, 0.25) is 0 Å². The summed E-state index contributed by atoms with van der Waals surface area (Å²) in [4.78, 5) is 0. The molecule has 0 fully saturated rings. The van der Waals surface area contributed by atoms with E-state index in [2.05, 4.69) is 5.92 Å². The zero-order valence-corrected chi connectivity index (χ0v) is 5.76. The molecule has 0 N–H and O–H groups in total. The molecule has 1 aromatic rings. The van der Waals surface area contributed by atoms with Crippen molar-refractivity contribution in [2.75, 3.05) is 6.61 Å². The largest absolute Gasteiger partial charge is 0.452 e. The second-order valence-corrected chi connectivity index (χ2v) is 1.86. The van der Waals surface area contributed by atoms with Gasteiger partial charge >= 0.3 is 0 Å². The van der Waals surface area contributed by atoms with Crippen LogP contribution >= 0.6 is 0 Å². The van der Waals surface area contributed by atoms with E-state index in [1.165, 1.54) is 0 Å². The number of rotatable bonds is 2. The molecule has 0 aliphatic carbocycles. The molecule has 0 aromatic carbocycles. The van der Waals surface area contributed by atoms with Gasteiger partial charge in [0.1, 0.15) is 5.76 Å². The van der Waals surface area contributed by atoms with E-state index in [9.17, 15) is 0 Å². The van der Waals surface area contributed by atoms with Gasteiger partial charge < -0.3 is 9.15 Å². The molecule has 1 rings (SSSR count). The lowest BCUT2D eigenvalue weighted by Crippen LogP contribution is -1.90. The van der Waals surface area contributed by atoms with Crippen molar-refractivity contribution in [1.82, 2.24) is 0 Å². The second kappa shape index (κ2) is 2.98. The van der Waals surface area contributed by atoms with Crippen LogP contribution in [0.25, 0.3) is 0 Å². The summed E-state index contributed by atoms with van der Waals surface area (Å²) in [5, 5.41) is 0. The van der Waals surface area contributed by atoms with E-state index in [1.807, 2.05) is 13.0 Å². The number of hydrogen-bond donors (Lipinski definition) is 0. The lowest BCUT2D eigenvalue weighted by atomic mass is 10.5. The van der Waals surface area contributed by atoms with Gasteiger partial charge in [0.05, 0.1) is 0 Å². The number of ether oxygens (including phenoxy) is 1. The number of hydrogen-bond acceptors (Lipinski definition) is 2. The monoisotopic (exact) mass is 136 g/mol. The van der Waals surface area contributed by atoms with Crippen LogP contribution in [0.4, 0.5) is 0 Å². The van der Waals surface area contributed by atoms with Gasteiger partial charge in [-0.1, -0.05) is 5.92 Å². The summed E-state index contributed by atoms with van der Waals surface area (Å²) in [7, 11) is 0. The van der Waals surface area contributed by atoms with Crippen molar-refractivity contribution in [3.05, 3.63) is 17.9 Å². The first-order valence-electron chi connectivity index (χ1n) is 2.95. The van der Waals surface area contributed by atoms with Gasteiger partial charge in [-0.2, -0.15) is 0 Å². The fourth-order valence-electron chi connectivity index (χ4n) is 0.602. The molecule has 2 nitrogen and oxygen atoms in total. The standard InChI is InChI=1S/C8H8O2/c1-3-6-9-8-5-4-7(2)10-8/h1,4-5H,6H2,2H3. The summed E-state index contributed by atoms with van der Waals surface area (Å²) in [6, 6.07) is 3.57. The van der Waals surface area contributed by atoms with Crippen LogP contribution < -0.4 is 4.74 Å². The first-order chi connectivity index (χ1) is 4.83. The van der Waals surface area contributed by atoms with Crippen molar-refractivity contribution >= 4 is 0 Å². The summed E-state index contributed by atoms with van der Waals surface area (Å²) >= 11 is 0. The van der Waals surface area contributed by atoms with E-state index >= 15 is 0 Å². The van der Waals surface area contributed by atoms with Gasteiger partial charge in [-0.25, -0.2) is 0 Å². The molecule has 1 heterocycles. The maximum absolute atomic E-state index is 5.07. The molecule has 0 radical (unpaired) electrons. The predicted octanol–water partition coefficient (Wildman–Crippen LogP) is 1.60. The van der Waals surface area contributed by atoms with Crippen molar-refractivity contribution < 1.29 is 9.15 Å². The third-order valence-corrected chi connectivity index (χ3v) is 1.01. The topological polar surface area (TPSA) is 22.4 Å². The van der Waals surface area contributed by atoms with Crippen molar-refractivity contribution in [3.63, 3.8) is 0 Å². The van der Waals surface area contributed by atoms with E-state index in [0.717, 1.165) is 5.76 Å². The SMILES string of the molecule is C#CCOc1ccc(C)o1. The van der Waals surface area contributed by atoms with Crippen molar-refractivity contribution in [3.8, 4) is 18.3 Å². The zero-order chi connectivity index (χ0) is 7.40. The first-order valence-corrected chi connectivity index (χ1v) is 2.95. The third-order valence-electron chi connectivity index (χ3n) is 1.01. The fraction of sp³-hybridized carbons (Fsp3) is 0.250. The highest BCUT2D eigenvalue weighted by Crippen LogP contribution is 2.13. The lowest BCUT2D eigenvalue weighted by Gasteiger charge is -1.93. The molecule has 10 heavy (non-hydrogen) atoms. The van der Waals surface area contributed by atoms with Crippen molar-refractivity contribution in [2.24, 2.45) is 0 Å². The average molecular weight is 136 g/mol. The Kier molecular flexibility index (Phi) is 2.01. The van der Waals surface area contributed by atoms with Crippen LogP contribution in [0.5, 0.6) is 5.95 Å². The van der Waals surface area contributed by atoms with Crippen LogP contribution in [0.3, 0.4) is 0 Å². The summed E-state index contributed by atoms with van der Waals surface area (Å²) in [6.07, 6.45) is 4.97. The Balaban J connectivity index is 2.52. The molecular weight excluding hydrogens is 128 g/mol. The van der Waals surface area contributed by atoms with Crippen molar-refractivity contribution in [1.29, 1.82) is 0 Å². The number of aryl methyl sites for hydroxylation is 1. The van der Waals surface area contributed by atoms with Gasteiger partial charge in [-0.15, -0.1) is 6.42 Å². The first kappa shape index (κ1) is 6.76. The summed E-state index contributed by atoms with van der Waals surface area (Å²) in [5.74, 6) is 3.65. The molecule has 0 aliphatic heterocycles. The molecule has 0 amide bonds. The van der Waals surface area contributed by atoms with Crippen LogP contribution in [-0.2, 0) is 0 Å². The Morgan fingerprint density at radius 3 is 3.00 bits per heavy atom. The molecule has 0 atom stereocenters. The Hall–Kier alpha value is -1.36. The van der Waals surface area contributed by atoms with Crippen LogP contribution in [0.15, 0.2) is 16.5 Å². The van der Waals surface area contributed by atoms with Crippen LogP contribution in [-0.4, -0.2) is 6.61 Å². The lowest BCUT2D eigenvalue weighted by molar-refractivity contribution is 0.271. The highest BCUT2D eigenvalue weighted by Gasteiger charge is 1.95. The molecule has 52 valence electrons. The zero-order valence-electron chi connectivity index (χ0n) is 5.76. The number of terminal acetylenes is 1. The maximum Gasteiger partial charge on any atom is 0.285 e. The smallest absolute Gasteiger partial charge is 0.285 e. The van der Waals surface area contributed by atoms with Crippen LogP contribution in [0.2, 0.25) is 0 Å². The van der Waals surface area contributed by atoms with E-state index in [4.69, 9.17) is 15.6 Å². The van der Waals surface area contributed by atoms with Gasteiger partial charge in [-0.05, 0) is 13.0 Å². The molecule has 0 saturated heterocycles. The molecule has 0 unspecified atom stereocenters. The van der Waals surface area contributed by atoms with Gasteiger partial charge in [0, 0.05) is 6.07 Å². The van der Waals surface area contributed by atoms with Crippen LogP contribution in [0, 0.1) is 19.3 Å². The quantitative estimate of drug-likeness (QED) is 0.576. The molecule has 0 aliphatic rings. The molecular formula is C8H8O2. The predicted molar refractivity (Wildman–Crippen MR) is 37.8 cm³/mol. The van der Waals surface area contributed by atoms with E-state index < -0.39 is 0 Å². The van der Waals surface area contributed by atoms with Crippen molar-refractivity contribution in [2.45, 2.75) is 6.92 Å². The number of furan rings is 1. The Morgan fingerprint density at radius 2 is 2.50 bits per heavy atom. The molecule has 0 saturated carbocycles. The fourth-order valence-corrected chi connectivity index (χ4v) is 0.602. The van der Waals surface area contributed by atoms with Gasteiger partial charge in [0.25, 0.3) is 5.95 Å². The Bertz CT molecular complexity index is 242. The van der Waals surface area contributed by atoms with Crippen LogP contribution in [0.1, 0.15) is 5.76 Å². The minimum Gasteiger partial charge on any atom is -0.452 e. The molecule has 1 aromatic heterocycles. The summed E-state index contributed by atoms with van der Waals surface area (Å²) in [6.45, 7) is 2.11. The second-order valence-electron chi connectivity index (χ2n) is 1.86. The molecule has 2 heteroatoms. The minimum atomic E-state index is 0.257. The van der Waals surface area contributed by atoms with E-state index in [1.54, 1.807) is 6.07 Å². The van der Waals surface area contributed by atoms with Gasteiger partial charge in [0.15, 0.2) is 6.61 Å². The molecule has 0 spiro atoms.